The second kappa shape index (κ2) is 6.80. The third-order valence-electron chi connectivity index (χ3n) is 2.82. The Labute approximate surface area is 87.9 Å². The van der Waals surface area contributed by atoms with E-state index in [1.807, 2.05) is 6.92 Å². The summed E-state index contributed by atoms with van der Waals surface area (Å²) >= 11 is 0. The zero-order valence-corrected chi connectivity index (χ0v) is 9.78. The summed E-state index contributed by atoms with van der Waals surface area (Å²) in [4.78, 5) is 0. The molecule has 82 valence electrons. The summed E-state index contributed by atoms with van der Waals surface area (Å²) in [6, 6.07) is 0. The van der Waals surface area contributed by atoms with Gasteiger partial charge in [-0.15, -0.1) is 0 Å². The van der Waals surface area contributed by atoms with Crippen molar-refractivity contribution in [3.63, 3.8) is 0 Å². The van der Waals surface area contributed by atoms with Gasteiger partial charge in [0.1, 0.15) is 5.83 Å². The summed E-state index contributed by atoms with van der Waals surface area (Å²) in [5, 5.41) is 0. The average molecular weight is 198 g/mol. The molecule has 0 aliphatic heterocycles. The molecular weight excluding hydrogens is 175 g/mol. The second-order valence-corrected chi connectivity index (χ2v) is 4.30. The van der Waals surface area contributed by atoms with Crippen molar-refractivity contribution in [2.45, 2.75) is 46.5 Å². The van der Waals surface area contributed by atoms with Gasteiger partial charge in [0, 0.05) is 0 Å². The molecule has 0 aliphatic carbocycles. The summed E-state index contributed by atoms with van der Waals surface area (Å²) in [5.74, 6) is 0.607. The second-order valence-electron chi connectivity index (χ2n) is 4.30. The van der Waals surface area contributed by atoms with Gasteiger partial charge in [-0.25, -0.2) is 4.39 Å². The summed E-state index contributed by atoms with van der Waals surface area (Å²) in [6.07, 6.45) is 4.66. The first kappa shape index (κ1) is 13.4. The lowest BCUT2D eigenvalue weighted by molar-refractivity contribution is 0.429. The number of hydrogen-bond donors (Lipinski definition) is 0. The van der Waals surface area contributed by atoms with Crippen molar-refractivity contribution in [1.29, 1.82) is 0 Å². The van der Waals surface area contributed by atoms with Crippen LogP contribution in [0.2, 0.25) is 0 Å². The SMILES string of the molecule is C=C(F)C(=C)C(C)CCC(C)CCC. The van der Waals surface area contributed by atoms with Crippen LogP contribution in [0.3, 0.4) is 0 Å². The first-order valence-electron chi connectivity index (χ1n) is 5.52. The fraction of sp³-hybridized carbons (Fsp3) is 0.692. The first-order chi connectivity index (χ1) is 6.49. The molecule has 14 heavy (non-hydrogen) atoms. The van der Waals surface area contributed by atoms with Crippen LogP contribution in [0.4, 0.5) is 4.39 Å². The first-order valence-corrected chi connectivity index (χ1v) is 5.52. The molecule has 0 nitrogen and oxygen atoms in total. The van der Waals surface area contributed by atoms with Crippen LogP contribution in [0.25, 0.3) is 0 Å². The van der Waals surface area contributed by atoms with Crippen LogP contribution < -0.4 is 0 Å². The summed E-state index contributed by atoms with van der Waals surface area (Å²) < 4.78 is 12.7. The monoisotopic (exact) mass is 198 g/mol. The molecule has 0 spiro atoms. The number of hydrogen-bond acceptors (Lipinski definition) is 0. The van der Waals surface area contributed by atoms with Crippen molar-refractivity contribution in [1.82, 2.24) is 0 Å². The van der Waals surface area contributed by atoms with Crippen LogP contribution in [0, 0.1) is 11.8 Å². The maximum absolute atomic E-state index is 12.7. The van der Waals surface area contributed by atoms with Crippen molar-refractivity contribution in [3.05, 3.63) is 24.6 Å². The Morgan fingerprint density at radius 3 is 2.14 bits per heavy atom. The van der Waals surface area contributed by atoms with Gasteiger partial charge in [-0.1, -0.05) is 53.2 Å². The van der Waals surface area contributed by atoms with E-state index < -0.39 is 0 Å². The van der Waals surface area contributed by atoms with Crippen LogP contribution in [0.5, 0.6) is 0 Å². The van der Waals surface area contributed by atoms with Crippen LogP contribution in [0.15, 0.2) is 24.6 Å². The van der Waals surface area contributed by atoms with Crippen LogP contribution in [0.1, 0.15) is 46.5 Å². The lowest BCUT2D eigenvalue weighted by atomic mass is 9.91. The lowest BCUT2D eigenvalue weighted by Crippen LogP contribution is -2.02. The Balaban J connectivity index is 3.78. The molecule has 0 bridgehead atoms. The molecule has 2 unspecified atom stereocenters. The smallest absolute Gasteiger partial charge is 0.118 e. The van der Waals surface area contributed by atoms with E-state index in [0.29, 0.717) is 5.57 Å². The summed E-state index contributed by atoms with van der Waals surface area (Å²) in [7, 11) is 0. The molecule has 0 fully saturated rings. The predicted octanol–water partition coefficient (Wildman–Crippen LogP) is 4.88. The quantitative estimate of drug-likeness (QED) is 0.511. The Hall–Kier alpha value is -0.590. The van der Waals surface area contributed by atoms with E-state index in [1.54, 1.807) is 0 Å². The highest BCUT2D eigenvalue weighted by molar-refractivity contribution is 5.20. The van der Waals surface area contributed by atoms with E-state index in [4.69, 9.17) is 0 Å². The molecule has 0 saturated heterocycles. The van der Waals surface area contributed by atoms with E-state index in [2.05, 4.69) is 27.0 Å². The average Bonchev–Trinajstić information content (AvgIpc) is 2.13. The minimum atomic E-state index is -0.361. The van der Waals surface area contributed by atoms with E-state index in [1.165, 1.54) is 12.8 Å². The third kappa shape index (κ3) is 5.21. The Kier molecular flexibility index (Phi) is 6.52. The minimum absolute atomic E-state index is 0.229. The van der Waals surface area contributed by atoms with Crippen LogP contribution in [-0.4, -0.2) is 0 Å². The number of halogens is 1. The zero-order chi connectivity index (χ0) is 11.1. The highest BCUT2D eigenvalue weighted by Gasteiger charge is 2.11. The van der Waals surface area contributed by atoms with Gasteiger partial charge in [0.25, 0.3) is 0 Å². The highest BCUT2D eigenvalue weighted by atomic mass is 19.1. The largest absolute Gasteiger partial charge is 0.207 e. The third-order valence-corrected chi connectivity index (χ3v) is 2.82. The molecule has 2 atom stereocenters. The van der Waals surface area contributed by atoms with Crippen molar-refractivity contribution in [2.75, 3.05) is 0 Å². The minimum Gasteiger partial charge on any atom is -0.207 e. The molecule has 0 radical (unpaired) electrons. The van der Waals surface area contributed by atoms with Gasteiger partial charge >= 0.3 is 0 Å². The standard InChI is InChI=1S/C13H23F/c1-6-7-10(2)8-9-11(3)12(4)13(5)14/h10-11H,4-9H2,1-3H3. The van der Waals surface area contributed by atoms with Gasteiger partial charge in [-0.3, -0.25) is 0 Å². The summed E-state index contributed by atoms with van der Waals surface area (Å²) in [6.45, 7) is 13.4. The van der Waals surface area contributed by atoms with Crippen molar-refractivity contribution in [3.8, 4) is 0 Å². The highest BCUT2D eigenvalue weighted by Crippen LogP contribution is 2.24. The fourth-order valence-corrected chi connectivity index (χ4v) is 1.61. The van der Waals surface area contributed by atoms with Crippen LogP contribution >= 0.6 is 0 Å². The van der Waals surface area contributed by atoms with Crippen molar-refractivity contribution >= 4 is 0 Å². The fourth-order valence-electron chi connectivity index (χ4n) is 1.61. The normalized spacial score (nSPS) is 14.9. The Morgan fingerprint density at radius 2 is 1.71 bits per heavy atom. The maximum Gasteiger partial charge on any atom is 0.118 e. The van der Waals surface area contributed by atoms with E-state index in [0.717, 1.165) is 18.8 Å². The Bertz CT molecular complexity index is 193. The predicted molar refractivity (Wildman–Crippen MR) is 61.9 cm³/mol. The molecule has 1 heteroatoms. The molecule has 0 aromatic rings. The molecule has 0 N–H and O–H groups in total. The van der Waals surface area contributed by atoms with Gasteiger partial charge in [0.05, 0.1) is 0 Å². The number of allylic oxidation sites excluding steroid dienone is 2. The van der Waals surface area contributed by atoms with E-state index in [9.17, 15) is 4.39 Å². The van der Waals surface area contributed by atoms with Gasteiger partial charge < -0.3 is 0 Å². The molecule has 0 heterocycles. The zero-order valence-electron chi connectivity index (χ0n) is 9.78. The topological polar surface area (TPSA) is 0 Å². The van der Waals surface area contributed by atoms with Crippen LogP contribution in [-0.2, 0) is 0 Å². The maximum atomic E-state index is 12.7. The molecular formula is C13H23F. The lowest BCUT2D eigenvalue weighted by Gasteiger charge is -2.15. The summed E-state index contributed by atoms with van der Waals surface area (Å²) in [5.41, 5.74) is 0.564. The Morgan fingerprint density at radius 1 is 1.14 bits per heavy atom. The van der Waals surface area contributed by atoms with Crippen molar-refractivity contribution < 1.29 is 4.39 Å². The molecule has 0 saturated carbocycles. The molecule has 0 aliphatic rings. The van der Waals surface area contributed by atoms with E-state index >= 15 is 0 Å². The van der Waals surface area contributed by atoms with Gasteiger partial charge in [-0.05, 0) is 23.8 Å². The van der Waals surface area contributed by atoms with Gasteiger partial charge in [-0.2, -0.15) is 0 Å². The molecule has 0 aromatic carbocycles. The van der Waals surface area contributed by atoms with Gasteiger partial charge in [0.2, 0.25) is 0 Å². The molecule has 0 aromatic heterocycles. The van der Waals surface area contributed by atoms with E-state index in [-0.39, 0.29) is 11.7 Å². The van der Waals surface area contributed by atoms with Gasteiger partial charge in [0.15, 0.2) is 0 Å². The molecule has 0 rings (SSSR count). The van der Waals surface area contributed by atoms with Crippen molar-refractivity contribution in [2.24, 2.45) is 11.8 Å². The number of rotatable bonds is 7. The molecule has 0 amide bonds.